The fourth-order valence-corrected chi connectivity index (χ4v) is 4.48. The zero-order chi connectivity index (χ0) is 21.8. The maximum Gasteiger partial charge on any atom is 0.264 e. The number of carbonyl (C=O) groups excluding carboxylic acids is 1. The van der Waals surface area contributed by atoms with Gasteiger partial charge in [-0.25, -0.2) is 4.98 Å². The molecule has 4 nitrogen and oxygen atoms in total. The summed E-state index contributed by atoms with van der Waals surface area (Å²) >= 11 is 1.50. The highest BCUT2D eigenvalue weighted by molar-refractivity contribution is 7.15. The summed E-state index contributed by atoms with van der Waals surface area (Å²) in [4.78, 5) is 17.9. The maximum atomic E-state index is 12.4. The molecule has 0 unspecified atom stereocenters. The lowest BCUT2D eigenvalue weighted by Gasteiger charge is -2.14. The molecule has 0 atom stereocenters. The summed E-state index contributed by atoms with van der Waals surface area (Å²) in [5, 5.41) is 5.93. The molecule has 0 aliphatic heterocycles. The zero-order valence-corrected chi connectivity index (χ0v) is 18.8. The highest BCUT2D eigenvalue weighted by atomic mass is 32.1. The Morgan fingerprint density at radius 1 is 1.10 bits per heavy atom. The summed E-state index contributed by atoms with van der Waals surface area (Å²) in [6.07, 6.45) is 2.62. The van der Waals surface area contributed by atoms with Crippen LogP contribution in [0.5, 0.6) is 5.75 Å². The number of fused-ring (bicyclic) bond motifs is 1. The van der Waals surface area contributed by atoms with E-state index < -0.39 is 0 Å². The van der Waals surface area contributed by atoms with Gasteiger partial charge in [-0.2, -0.15) is 0 Å². The number of thiazole rings is 1. The molecule has 0 aliphatic carbocycles. The maximum absolute atomic E-state index is 12.4. The lowest BCUT2D eigenvalue weighted by atomic mass is 10.0. The largest absolute Gasteiger partial charge is 0.483 e. The highest BCUT2D eigenvalue weighted by Crippen LogP contribution is 2.28. The van der Waals surface area contributed by atoms with Crippen LogP contribution in [0.4, 0.5) is 5.13 Å². The van der Waals surface area contributed by atoms with Crippen molar-refractivity contribution in [1.29, 1.82) is 0 Å². The van der Waals surface area contributed by atoms with E-state index in [1.165, 1.54) is 27.7 Å². The highest BCUT2D eigenvalue weighted by Gasteiger charge is 2.12. The van der Waals surface area contributed by atoms with E-state index in [0.29, 0.717) is 11.0 Å². The third kappa shape index (κ3) is 5.12. The smallest absolute Gasteiger partial charge is 0.264 e. The summed E-state index contributed by atoms with van der Waals surface area (Å²) in [5.74, 6) is 0.887. The van der Waals surface area contributed by atoms with Crippen molar-refractivity contribution in [3.05, 3.63) is 88.4 Å². The van der Waals surface area contributed by atoms with E-state index in [9.17, 15) is 4.79 Å². The number of nitrogens with one attached hydrogen (secondary N) is 1. The fourth-order valence-electron chi connectivity index (χ4n) is 3.62. The van der Waals surface area contributed by atoms with Gasteiger partial charge in [0.15, 0.2) is 11.7 Å². The van der Waals surface area contributed by atoms with Crippen LogP contribution in [0.1, 0.15) is 41.3 Å². The van der Waals surface area contributed by atoms with E-state index in [2.05, 4.69) is 78.7 Å². The Bertz CT molecular complexity index is 1210. The van der Waals surface area contributed by atoms with Gasteiger partial charge in [-0.3, -0.25) is 10.1 Å². The number of nitrogens with zero attached hydrogens (tertiary/aromatic N) is 1. The predicted molar refractivity (Wildman–Crippen MR) is 128 cm³/mol. The number of carbonyl (C=O) groups is 1. The van der Waals surface area contributed by atoms with Gasteiger partial charge in [0.05, 0.1) is 0 Å². The Morgan fingerprint density at radius 2 is 1.90 bits per heavy atom. The van der Waals surface area contributed by atoms with E-state index in [-0.39, 0.29) is 12.5 Å². The Hall–Kier alpha value is -3.18. The van der Waals surface area contributed by atoms with Gasteiger partial charge in [0.25, 0.3) is 5.91 Å². The minimum atomic E-state index is -0.206. The van der Waals surface area contributed by atoms with Gasteiger partial charge in [-0.15, -0.1) is 11.3 Å². The molecule has 1 amide bonds. The Balaban J connectivity index is 1.39. The lowest BCUT2D eigenvalue weighted by Crippen LogP contribution is -2.20. The average molecular weight is 431 g/mol. The van der Waals surface area contributed by atoms with Gasteiger partial charge in [0.1, 0.15) is 5.75 Å². The number of aryl methyl sites for hydroxylation is 1. The summed E-state index contributed by atoms with van der Waals surface area (Å²) in [5.41, 5.74) is 3.46. The Morgan fingerprint density at radius 3 is 2.74 bits per heavy atom. The molecule has 4 aromatic rings. The van der Waals surface area contributed by atoms with Crippen molar-refractivity contribution in [1.82, 2.24) is 4.98 Å². The van der Waals surface area contributed by atoms with Crippen molar-refractivity contribution in [2.45, 2.75) is 33.1 Å². The van der Waals surface area contributed by atoms with Crippen molar-refractivity contribution in [2.24, 2.45) is 0 Å². The molecule has 0 fully saturated rings. The van der Waals surface area contributed by atoms with Gasteiger partial charge in [0.2, 0.25) is 0 Å². The van der Waals surface area contributed by atoms with Crippen molar-refractivity contribution in [2.75, 3.05) is 11.9 Å². The van der Waals surface area contributed by atoms with Crippen LogP contribution in [0, 0.1) is 6.92 Å². The van der Waals surface area contributed by atoms with E-state index in [0.717, 1.165) is 28.2 Å². The molecule has 1 aromatic heterocycles. The first-order chi connectivity index (χ1) is 15.0. The molecule has 31 heavy (non-hydrogen) atoms. The third-order valence-electron chi connectivity index (χ3n) is 5.19. The topological polar surface area (TPSA) is 51.2 Å². The number of amides is 1. The molecule has 1 N–H and O–H groups in total. The van der Waals surface area contributed by atoms with E-state index in [1.807, 2.05) is 19.2 Å². The number of hydrogen-bond acceptors (Lipinski definition) is 4. The van der Waals surface area contributed by atoms with E-state index in [4.69, 9.17) is 4.74 Å². The van der Waals surface area contributed by atoms with Crippen LogP contribution >= 0.6 is 11.3 Å². The average Bonchev–Trinajstić information content (AvgIpc) is 3.19. The lowest BCUT2D eigenvalue weighted by molar-refractivity contribution is -0.118. The summed E-state index contributed by atoms with van der Waals surface area (Å²) in [6.45, 7) is 6.21. The van der Waals surface area contributed by atoms with Gasteiger partial charge < -0.3 is 4.74 Å². The van der Waals surface area contributed by atoms with Crippen LogP contribution in [0.25, 0.3) is 10.8 Å². The van der Waals surface area contributed by atoms with Gasteiger partial charge in [-0.1, -0.05) is 68.4 Å². The normalized spacial score (nSPS) is 11.1. The third-order valence-corrected chi connectivity index (χ3v) is 6.11. The van der Waals surface area contributed by atoms with Crippen LogP contribution in [0.2, 0.25) is 0 Å². The summed E-state index contributed by atoms with van der Waals surface area (Å²) in [7, 11) is 0. The molecule has 0 aliphatic rings. The number of anilines is 1. The van der Waals surface area contributed by atoms with Crippen LogP contribution in [0.3, 0.4) is 0 Å². The van der Waals surface area contributed by atoms with E-state index >= 15 is 0 Å². The van der Waals surface area contributed by atoms with Crippen molar-refractivity contribution < 1.29 is 9.53 Å². The molecule has 0 bridgehead atoms. The molecule has 0 radical (unpaired) electrons. The molecule has 158 valence electrons. The second-order valence-corrected chi connectivity index (χ2v) is 9.09. The Kier molecular flexibility index (Phi) is 6.33. The fraction of sp³-hybridized carbons (Fsp3) is 0.231. The molecule has 3 aromatic carbocycles. The number of rotatable bonds is 7. The second kappa shape index (κ2) is 9.31. The number of hydrogen-bond donors (Lipinski definition) is 1. The predicted octanol–water partition coefficient (Wildman–Crippen LogP) is 6.34. The number of aromatic nitrogens is 1. The minimum absolute atomic E-state index is 0.0403. The van der Waals surface area contributed by atoms with Crippen LogP contribution in [0.15, 0.2) is 66.9 Å². The molecule has 1 heterocycles. The van der Waals surface area contributed by atoms with Crippen molar-refractivity contribution in [3.63, 3.8) is 0 Å². The first-order valence-electron chi connectivity index (χ1n) is 10.4. The standard InChI is InChI=1S/C26H26N2O2S/c1-17(2)22-12-11-18(3)13-24(22)30-16-25(29)28-26-27-15-21(31-26)14-20-9-6-8-19-7-4-5-10-23(19)20/h4-13,15,17H,14,16H2,1-3H3,(H,27,28,29). The summed E-state index contributed by atoms with van der Waals surface area (Å²) < 4.78 is 5.83. The second-order valence-electron chi connectivity index (χ2n) is 7.98. The molecule has 4 rings (SSSR count). The molecule has 0 spiro atoms. The molecular formula is C26H26N2O2S. The van der Waals surface area contributed by atoms with Gasteiger partial charge >= 0.3 is 0 Å². The SMILES string of the molecule is Cc1ccc(C(C)C)c(OCC(=O)Nc2ncc(Cc3cccc4ccccc34)s2)c1. The first kappa shape index (κ1) is 21.1. The molecular weight excluding hydrogens is 404 g/mol. The quantitative estimate of drug-likeness (QED) is 0.372. The molecule has 0 saturated heterocycles. The number of benzene rings is 3. The zero-order valence-electron chi connectivity index (χ0n) is 18.0. The van der Waals surface area contributed by atoms with Gasteiger partial charge in [-0.05, 0) is 46.4 Å². The van der Waals surface area contributed by atoms with E-state index in [1.54, 1.807) is 0 Å². The summed E-state index contributed by atoms with van der Waals surface area (Å²) in [6, 6.07) is 20.8. The van der Waals surface area contributed by atoms with Crippen LogP contribution < -0.4 is 10.1 Å². The first-order valence-corrected chi connectivity index (χ1v) is 11.3. The molecule has 0 saturated carbocycles. The van der Waals surface area contributed by atoms with Crippen LogP contribution in [-0.2, 0) is 11.2 Å². The monoisotopic (exact) mass is 430 g/mol. The molecule has 5 heteroatoms. The number of ether oxygens (including phenoxy) is 1. The van der Waals surface area contributed by atoms with Crippen molar-refractivity contribution >= 4 is 33.1 Å². The Labute approximate surface area is 186 Å². The minimum Gasteiger partial charge on any atom is -0.483 e. The van der Waals surface area contributed by atoms with Crippen LogP contribution in [-0.4, -0.2) is 17.5 Å². The van der Waals surface area contributed by atoms with Crippen molar-refractivity contribution in [3.8, 4) is 5.75 Å². The van der Waals surface area contributed by atoms with Gasteiger partial charge in [0, 0.05) is 17.5 Å².